The number of esters is 2. The van der Waals surface area contributed by atoms with E-state index in [0.29, 0.717) is 0 Å². The van der Waals surface area contributed by atoms with Gasteiger partial charge >= 0.3 is 11.9 Å². The first-order valence-electron chi connectivity index (χ1n) is 5.63. The lowest BCUT2D eigenvalue weighted by Crippen LogP contribution is -2.15. The molecule has 0 bridgehead atoms. The van der Waals surface area contributed by atoms with Crippen LogP contribution in [0.5, 0.6) is 0 Å². The zero-order valence-electron chi connectivity index (χ0n) is 10.5. The molecule has 22 heavy (non-hydrogen) atoms. The normalized spacial score (nSPS) is 24.4. The van der Waals surface area contributed by atoms with Gasteiger partial charge < -0.3 is 18.9 Å². The standard InChI is InChI=1S/C12H6Cl4O6/c13-5-7(15)11(21-9(5)17)19-3-1-2-4-20-12-8(16)6(14)10(18)22-12/h11-12H,3-4H2/t11-,12-/m0/s1. The molecular formula is C12H6Cl4O6. The van der Waals surface area contributed by atoms with Crippen molar-refractivity contribution < 1.29 is 28.5 Å². The smallest absolute Gasteiger partial charge is 0.353 e. The number of hydrogen-bond acceptors (Lipinski definition) is 6. The van der Waals surface area contributed by atoms with Crippen molar-refractivity contribution in [3.05, 3.63) is 20.1 Å². The van der Waals surface area contributed by atoms with Gasteiger partial charge in [0.15, 0.2) is 0 Å². The fourth-order valence-corrected chi connectivity index (χ4v) is 1.99. The molecule has 0 saturated carbocycles. The summed E-state index contributed by atoms with van der Waals surface area (Å²) in [5.41, 5.74) is 0. The van der Waals surface area contributed by atoms with Crippen molar-refractivity contribution in [2.24, 2.45) is 0 Å². The van der Waals surface area contributed by atoms with Crippen LogP contribution in [0.25, 0.3) is 0 Å². The molecule has 0 aliphatic carbocycles. The summed E-state index contributed by atoms with van der Waals surface area (Å²) in [6, 6.07) is 0. The second kappa shape index (κ2) is 7.55. The maximum Gasteiger partial charge on any atom is 0.353 e. The summed E-state index contributed by atoms with van der Waals surface area (Å²) in [7, 11) is 0. The number of hydrogen-bond donors (Lipinski definition) is 0. The van der Waals surface area contributed by atoms with Gasteiger partial charge in [0.1, 0.15) is 33.3 Å². The first-order chi connectivity index (χ1) is 10.4. The van der Waals surface area contributed by atoms with Gasteiger partial charge in [0.25, 0.3) is 0 Å². The van der Waals surface area contributed by atoms with Crippen LogP contribution in [0.15, 0.2) is 20.1 Å². The summed E-state index contributed by atoms with van der Waals surface area (Å²) < 4.78 is 19.6. The first-order valence-corrected chi connectivity index (χ1v) is 7.14. The second-order valence-electron chi connectivity index (χ2n) is 3.77. The quantitative estimate of drug-likeness (QED) is 0.543. The van der Waals surface area contributed by atoms with E-state index in [9.17, 15) is 9.59 Å². The highest BCUT2D eigenvalue weighted by molar-refractivity contribution is 6.49. The fraction of sp³-hybridized carbons (Fsp3) is 0.333. The predicted molar refractivity (Wildman–Crippen MR) is 76.9 cm³/mol. The number of rotatable bonds is 4. The van der Waals surface area contributed by atoms with E-state index in [4.69, 9.17) is 65.4 Å². The Kier molecular flexibility index (Phi) is 5.98. The maximum absolute atomic E-state index is 11.1. The van der Waals surface area contributed by atoms with Crippen molar-refractivity contribution in [3.8, 4) is 11.8 Å². The Labute approximate surface area is 144 Å². The topological polar surface area (TPSA) is 71.1 Å². The molecule has 0 fully saturated rings. The molecule has 0 N–H and O–H groups in total. The van der Waals surface area contributed by atoms with Crippen LogP contribution in [-0.2, 0) is 28.5 Å². The molecule has 10 heteroatoms. The Bertz CT molecular complexity index is 577. The van der Waals surface area contributed by atoms with E-state index in [1.165, 1.54) is 0 Å². The highest BCUT2D eigenvalue weighted by Crippen LogP contribution is 2.29. The largest absolute Gasteiger partial charge is 0.426 e. The van der Waals surface area contributed by atoms with Gasteiger partial charge in [-0.3, -0.25) is 0 Å². The molecule has 2 aliphatic heterocycles. The van der Waals surface area contributed by atoms with E-state index in [2.05, 4.69) is 11.8 Å². The van der Waals surface area contributed by atoms with Crippen LogP contribution in [0.4, 0.5) is 0 Å². The third-order valence-electron chi connectivity index (χ3n) is 2.36. The molecule has 2 heterocycles. The molecule has 6 nitrogen and oxygen atoms in total. The Morgan fingerprint density at radius 3 is 1.45 bits per heavy atom. The molecule has 0 spiro atoms. The molecule has 0 amide bonds. The van der Waals surface area contributed by atoms with Crippen molar-refractivity contribution >= 4 is 58.3 Å². The Morgan fingerprint density at radius 1 is 0.818 bits per heavy atom. The third-order valence-corrected chi connectivity index (χ3v) is 4.00. The van der Waals surface area contributed by atoms with Crippen LogP contribution >= 0.6 is 46.4 Å². The minimum atomic E-state index is -1.07. The minimum Gasteiger partial charge on any atom is -0.426 e. The SMILES string of the molecule is O=C1O[C@H](OCC#CCO[C@H]2OC(=O)C(Cl)=C2Cl)C(Cl)=C1Cl. The molecule has 2 rings (SSSR count). The van der Waals surface area contributed by atoms with E-state index in [1.54, 1.807) is 0 Å². The van der Waals surface area contributed by atoms with Crippen LogP contribution in [0.3, 0.4) is 0 Å². The van der Waals surface area contributed by atoms with Gasteiger partial charge in [-0.05, 0) is 0 Å². The van der Waals surface area contributed by atoms with E-state index in [1.807, 2.05) is 0 Å². The monoisotopic (exact) mass is 386 g/mol. The van der Waals surface area contributed by atoms with Crippen LogP contribution in [0, 0.1) is 11.8 Å². The van der Waals surface area contributed by atoms with Crippen LogP contribution in [0.2, 0.25) is 0 Å². The van der Waals surface area contributed by atoms with Crippen LogP contribution < -0.4 is 0 Å². The van der Waals surface area contributed by atoms with E-state index in [-0.39, 0.29) is 33.3 Å². The zero-order chi connectivity index (χ0) is 16.3. The first kappa shape index (κ1) is 17.4. The zero-order valence-corrected chi connectivity index (χ0v) is 13.6. The fourth-order valence-electron chi connectivity index (χ4n) is 1.35. The number of cyclic esters (lactones) is 2. The van der Waals surface area contributed by atoms with E-state index in [0.717, 1.165) is 0 Å². The summed E-state index contributed by atoms with van der Waals surface area (Å²) >= 11 is 22.5. The van der Waals surface area contributed by atoms with Crippen molar-refractivity contribution in [3.63, 3.8) is 0 Å². The number of halogens is 4. The van der Waals surface area contributed by atoms with Gasteiger partial charge in [-0.2, -0.15) is 0 Å². The third kappa shape index (κ3) is 3.87. The molecule has 0 aromatic heterocycles. The lowest BCUT2D eigenvalue weighted by Gasteiger charge is -2.09. The van der Waals surface area contributed by atoms with Gasteiger partial charge in [0.2, 0.25) is 12.6 Å². The molecule has 2 aliphatic rings. The van der Waals surface area contributed by atoms with Crippen LogP contribution in [0.1, 0.15) is 0 Å². The van der Waals surface area contributed by atoms with Crippen molar-refractivity contribution in [2.75, 3.05) is 13.2 Å². The van der Waals surface area contributed by atoms with Crippen molar-refractivity contribution in [1.82, 2.24) is 0 Å². The molecular weight excluding hydrogens is 382 g/mol. The summed E-state index contributed by atoms with van der Waals surface area (Å²) in [4.78, 5) is 22.1. The van der Waals surface area contributed by atoms with Gasteiger partial charge in [-0.25, -0.2) is 9.59 Å². The summed E-state index contributed by atoms with van der Waals surface area (Å²) in [5, 5.41) is -0.503. The Hall–Kier alpha value is -0.940. The summed E-state index contributed by atoms with van der Waals surface area (Å²) in [6.45, 7) is -0.174. The molecule has 0 radical (unpaired) electrons. The summed E-state index contributed by atoms with van der Waals surface area (Å²) in [5.74, 6) is 3.65. The molecule has 2 atom stereocenters. The van der Waals surface area contributed by atoms with Crippen molar-refractivity contribution in [2.45, 2.75) is 12.6 Å². The average molecular weight is 388 g/mol. The van der Waals surface area contributed by atoms with Crippen molar-refractivity contribution in [1.29, 1.82) is 0 Å². The van der Waals surface area contributed by atoms with Gasteiger partial charge in [-0.15, -0.1) is 0 Å². The highest BCUT2D eigenvalue weighted by atomic mass is 35.5. The van der Waals surface area contributed by atoms with E-state index >= 15 is 0 Å². The van der Waals surface area contributed by atoms with Gasteiger partial charge in [-0.1, -0.05) is 58.2 Å². The molecule has 0 aromatic rings. The molecule has 0 aromatic carbocycles. The molecule has 118 valence electrons. The van der Waals surface area contributed by atoms with Gasteiger partial charge in [0.05, 0.1) is 0 Å². The molecule has 0 saturated heterocycles. The van der Waals surface area contributed by atoms with E-state index < -0.39 is 24.5 Å². The maximum atomic E-state index is 11.1. The summed E-state index contributed by atoms with van der Waals surface area (Å²) in [6.07, 6.45) is -2.13. The number of ether oxygens (including phenoxy) is 4. The Morgan fingerprint density at radius 2 is 1.18 bits per heavy atom. The predicted octanol–water partition coefficient (Wildman–Crippen LogP) is 2.17. The highest BCUT2D eigenvalue weighted by Gasteiger charge is 2.33. The van der Waals surface area contributed by atoms with Gasteiger partial charge in [0, 0.05) is 0 Å². The number of carbonyl (C=O) groups is 2. The molecule has 0 unspecified atom stereocenters. The Balaban J connectivity index is 1.71. The lowest BCUT2D eigenvalue weighted by atomic mass is 10.5. The minimum absolute atomic E-state index is 0.0332. The lowest BCUT2D eigenvalue weighted by molar-refractivity contribution is -0.158. The number of carbonyl (C=O) groups excluding carboxylic acids is 2. The van der Waals surface area contributed by atoms with Crippen LogP contribution in [-0.4, -0.2) is 37.7 Å². The second-order valence-corrected chi connectivity index (χ2v) is 5.34. The average Bonchev–Trinajstić information content (AvgIpc) is 2.88.